The molecule has 0 saturated carbocycles. The lowest BCUT2D eigenvalue weighted by molar-refractivity contribution is -0.118. The van der Waals surface area contributed by atoms with Gasteiger partial charge in [-0.1, -0.05) is 37.1 Å². The summed E-state index contributed by atoms with van der Waals surface area (Å²) in [6.07, 6.45) is 4.98. The maximum atomic E-state index is 12.5. The number of nitrogens with one attached hydrogen (secondary N) is 1. The zero-order valence-electron chi connectivity index (χ0n) is 17.8. The summed E-state index contributed by atoms with van der Waals surface area (Å²) >= 11 is 0. The number of anilines is 2. The van der Waals surface area contributed by atoms with Crippen LogP contribution in [-0.2, 0) is 4.79 Å². The number of rotatable bonds is 5. The number of hydrogen-bond acceptors (Lipinski definition) is 4. The van der Waals surface area contributed by atoms with Crippen molar-refractivity contribution in [2.45, 2.75) is 39.5 Å². The van der Waals surface area contributed by atoms with Gasteiger partial charge in [0.2, 0.25) is 0 Å². The predicted octanol–water partition coefficient (Wildman–Crippen LogP) is 5.25. The van der Waals surface area contributed by atoms with Gasteiger partial charge >= 0.3 is 0 Å². The molecule has 3 aromatic rings. The molecular formula is C25H29N3O2. The Bertz CT molecular complexity index is 1040. The number of carbonyl (C=O) groups is 1. The van der Waals surface area contributed by atoms with Crippen LogP contribution in [0.15, 0.2) is 48.5 Å². The van der Waals surface area contributed by atoms with Crippen molar-refractivity contribution >= 4 is 28.3 Å². The molecule has 1 saturated heterocycles. The molecule has 1 N–H and O–H groups in total. The number of aromatic nitrogens is 1. The number of pyridine rings is 1. The van der Waals surface area contributed by atoms with Crippen LogP contribution in [0.1, 0.15) is 36.8 Å². The molecule has 30 heavy (non-hydrogen) atoms. The molecule has 1 aliphatic rings. The van der Waals surface area contributed by atoms with E-state index < -0.39 is 0 Å². The predicted molar refractivity (Wildman–Crippen MR) is 122 cm³/mol. The first-order chi connectivity index (χ1) is 14.6. The van der Waals surface area contributed by atoms with Crippen LogP contribution >= 0.6 is 0 Å². The van der Waals surface area contributed by atoms with E-state index in [-0.39, 0.29) is 12.5 Å². The highest BCUT2D eigenvalue weighted by molar-refractivity contribution is 5.93. The number of aryl methyl sites for hydroxylation is 1. The molecule has 1 amide bonds. The van der Waals surface area contributed by atoms with Crippen LogP contribution in [0.2, 0.25) is 0 Å². The topological polar surface area (TPSA) is 54.5 Å². The Balaban J connectivity index is 1.50. The van der Waals surface area contributed by atoms with E-state index in [1.807, 2.05) is 50.2 Å². The van der Waals surface area contributed by atoms with Gasteiger partial charge in [-0.05, 0) is 62.1 Å². The fraction of sp³-hybridized carbons (Fsp3) is 0.360. The average molecular weight is 404 g/mol. The molecule has 2 aromatic carbocycles. The van der Waals surface area contributed by atoms with Gasteiger partial charge in [0.15, 0.2) is 6.61 Å². The number of amides is 1. The summed E-state index contributed by atoms with van der Waals surface area (Å²) in [5.41, 5.74) is 3.84. The van der Waals surface area contributed by atoms with Gasteiger partial charge in [-0.15, -0.1) is 0 Å². The van der Waals surface area contributed by atoms with E-state index in [1.54, 1.807) is 0 Å². The minimum atomic E-state index is -0.177. The standard InChI is InChI=1S/C25H29N3O2/c1-18-9-7-11-21(19(18)2)26-24(29)17-30-22-12-8-10-20-13-14-23(27-25(20)22)28-15-5-3-4-6-16-28/h7-14H,3-6,15-17H2,1-2H3,(H,26,29). The second-order valence-corrected chi connectivity index (χ2v) is 7.98. The lowest BCUT2D eigenvalue weighted by Gasteiger charge is -2.22. The van der Waals surface area contributed by atoms with Crippen molar-refractivity contribution in [3.63, 3.8) is 0 Å². The van der Waals surface area contributed by atoms with Crippen LogP contribution in [0.4, 0.5) is 11.5 Å². The summed E-state index contributed by atoms with van der Waals surface area (Å²) in [6.45, 7) is 6.07. The first-order valence-corrected chi connectivity index (χ1v) is 10.8. The zero-order chi connectivity index (χ0) is 20.9. The number of nitrogens with zero attached hydrogens (tertiary/aromatic N) is 2. The third-order valence-corrected chi connectivity index (χ3v) is 5.84. The largest absolute Gasteiger partial charge is 0.481 e. The molecule has 156 valence electrons. The van der Waals surface area contributed by atoms with Crippen LogP contribution < -0.4 is 15.0 Å². The van der Waals surface area contributed by atoms with Crippen molar-refractivity contribution in [2.75, 3.05) is 29.9 Å². The van der Waals surface area contributed by atoms with Gasteiger partial charge in [0.05, 0.1) is 0 Å². The molecule has 0 spiro atoms. The molecule has 1 fully saturated rings. The Hall–Kier alpha value is -3.08. The summed E-state index contributed by atoms with van der Waals surface area (Å²) in [4.78, 5) is 19.7. The van der Waals surface area contributed by atoms with Gasteiger partial charge in [-0.25, -0.2) is 4.98 Å². The third-order valence-electron chi connectivity index (χ3n) is 5.84. The van der Waals surface area contributed by atoms with Crippen LogP contribution in [0.25, 0.3) is 10.9 Å². The minimum absolute atomic E-state index is 0.0535. The van der Waals surface area contributed by atoms with Crippen molar-refractivity contribution in [2.24, 2.45) is 0 Å². The first kappa shape index (κ1) is 20.2. The summed E-state index contributed by atoms with van der Waals surface area (Å²) < 4.78 is 5.90. The molecule has 0 aliphatic carbocycles. The van der Waals surface area contributed by atoms with Crippen molar-refractivity contribution in [1.82, 2.24) is 4.98 Å². The van der Waals surface area contributed by atoms with Gasteiger partial charge < -0.3 is 15.0 Å². The van der Waals surface area contributed by atoms with Gasteiger partial charge in [-0.3, -0.25) is 4.79 Å². The van der Waals surface area contributed by atoms with E-state index in [2.05, 4.69) is 22.3 Å². The molecule has 0 unspecified atom stereocenters. The van der Waals surface area contributed by atoms with Gasteiger partial charge in [0.25, 0.3) is 5.91 Å². The summed E-state index contributed by atoms with van der Waals surface area (Å²) in [5.74, 6) is 1.45. The van der Waals surface area contributed by atoms with Gasteiger partial charge in [-0.2, -0.15) is 0 Å². The SMILES string of the molecule is Cc1cccc(NC(=O)COc2cccc3ccc(N4CCCCCC4)nc23)c1C. The number of benzene rings is 2. The molecule has 2 heterocycles. The van der Waals surface area contributed by atoms with Crippen LogP contribution in [0.5, 0.6) is 5.75 Å². The van der Waals surface area contributed by atoms with E-state index in [0.29, 0.717) is 5.75 Å². The lowest BCUT2D eigenvalue weighted by Crippen LogP contribution is -2.24. The molecule has 5 nitrogen and oxygen atoms in total. The second-order valence-electron chi connectivity index (χ2n) is 7.98. The van der Waals surface area contributed by atoms with E-state index in [0.717, 1.165) is 46.6 Å². The fourth-order valence-corrected chi connectivity index (χ4v) is 3.92. The highest BCUT2D eigenvalue weighted by Crippen LogP contribution is 2.27. The maximum absolute atomic E-state index is 12.5. The van der Waals surface area contributed by atoms with Crippen LogP contribution in [0, 0.1) is 13.8 Å². The molecule has 0 atom stereocenters. The van der Waals surface area contributed by atoms with E-state index in [4.69, 9.17) is 9.72 Å². The first-order valence-electron chi connectivity index (χ1n) is 10.8. The zero-order valence-corrected chi connectivity index (χ0v) is 17.8. The van der Waals surface area contributed by atoms with E-state index in [1.165, 1.54) is 25.7 Å². The van der Waals surface area contributed by atoms with E-state index >= 15 is 0 Å². The van der Waals surface area contributed by atoms with Crippen molar-refractivity contribution < 1.29 is 9.53 Å². The highest BCUT2D eigenvalue weighted by atomic mass is 16.5. The monoisotopic (exact) mass is 403 g/mol. The molecular weight excluding hydrogens is 374 g/mol. The molecule has 5 heteroatoms. The number of ether oxygens (including phenoxy) is 1. The average Bonchev–Trinajstić information content (AvgIpc) is 3.05. The van der Waals surface area contributed by atoms with Gasteiger partial charge in [0, 0.05) is 24.2 Å². The quantitative estimate of drug-likeness (QED) is 0.632. The Morgan fingerprint density at radius 3 is 2.57 bits per heavy atom. The Morgan fingerprint density at radius 2 is 1.77 bits per heavy atom. The Kier molecular flexibility index (Phi) is 6.17. The smallest absolute Gasteiger partial charge is 0.262 e. The maximum Gasteiger partial charge on any atom is 0.262 e. The van der Waals surface area contributed by atoms with E-state index in [9.17, 15) is 4.79 Å². The number of carbonyl (C=O) groups excluding carboxylic acids is 1. The van der Waals surface area contributed by atoms with Crippen LogP contribution in [-0.4, -0.2) is 30.6 Å². The molecule has 1 aliphatic heterocycles. The number of para-hydroxylation sites is 1. The molecule has 1 aromatic heterocycles. The van der Waals surface area contributed by atoms with Crippen LogP contribution in [0.3, 0.4) is 0 Å². The molecule has 0 radical (unpaired) electrons. The third kappa shape index (κ3) is 4.56. The Labute approximate surface area is 178 Å². The summed E-state index contributed by atoms with van der Waals surface area (Å²) in [5, 5.41) is 3.96. The fourth-order valence-electron chi connectivity index (χ4n) is 3.92. The van der Waals surface area contributed by atoms with Crippen molar-refractivity contribution in [3.8, 4) is 5.75 Å². The second kappa shape index (κ2) is 9.16. The number of hydrogen-bond donors (Lipinski definition) is 1. The molecule has 0 bridgehead atoms. The minimum Gasteiger partial charge on any atom is -0.481 e. The summed E-state index contributed by atoms with van der Waals surface area (Å²) in [6, 6.07) is 15.9. The lowest BCUT2D eigenvalue weighted by atomic mass is 10.1. The molecule has 4 rings (SSSR count). The van der Waals surface area contributed by atoms with Gasteiger partial charge in [0.1, 0.15) is 17.1 Å². The Morgan fingerprint density at radius 1 is 1.00 bits per heavy atom. The van der Waals surface area contributed by atoms with Crippen molar-refractivity contribution in [1.29, 1.82) is 0 Å². The number of fused-ring (bicyclic) bond motifs is 1. The highest BCUT2D eigenvalue weighted by Gasteiger charge is 2.14. The van der Waals surface area contributed by atoms with Crippen molar-refractivity contribution in [3.05, 3.63) is 59.7 Å². The normalized spacial score (nSPS) is 14.4. The summed E-state index contributed by atoms with van der Waals surface area (Å²) in [7, 11) is 0.